The van der Waals surface area contributed by atoms with Crippen molar-refractivity contribution in [1.82, 2.24) is 20.1 Å². The van der Waals surface area contributed by atoms with Crippen LogP contribution < -0.4 is 10.1 Å². The third kappa shape index (κ3) is 4.79. The lowest BCUT2D eigenvalue weighted by Gasteiger charge is -2.14. The lowest BCUT2D eigenvalue weighted by Crippen LogP contribution is -2.24. The number of amides is 1. The molecule has 0 saturated heterocycles. The number of ether oxygens (including phenoxy) is 1. The molecule has 158 valence electrons. The fourth-order valence-corrected chi connectivity index (χ4v) is 2.83. The van der Waals surface area contributed by atoms with E-state index in [4.69, 9.17) is 4.74 Å². The summed E-state index contributed by atoms with van der Waals surface area (Å²) in [5, 5.41) is 6.92. The summed E-state index contributed by atoms with van der Waals surface area (Å²) in [6.07, 6.45) is -2.37. The summed E-state index contributed by atoms with van der Waals surface area (Å²) in [6.45, 7) is 5.74. The van der Waals surface area contributed by atoms with Crippen molar-refractivity contribution in [3.8, 4) is 11.6 Å². The summed E-state index contributed by atoms with van der Waals surface area (Å²) in [5.41, 5.74) is 0.746. The number of hydrogen-bond donors (Lipinski definition) is 1. The number of pyridine rings is 1. The Morgan fingerprint density at radius 3 is 2.53 bits per heavy atom. The normalized spacial score (nSPS) is 11.6. The molecule has 2 aromatic heterocycles. The Balaban J connectivity index is 1.74. The van der Waals surface area contributed by atoms with Gasteiger partial charge in [0.05, 0.1) is 29.1 Å². The Morgan fingerprint density at radius 2 is 1.90 bits per heavy atom. The first-order chi connectivity index (χ1) is 14.2. The average Bonchev–Trinajstić information content (AvgIpc) is 3.07. The second-order valence-corrected chi connectivity index (χ2v) is 6.92. The molecule has 0 saturated carbocycles. The maximum Gasteiger partial charge on any atom is 0.417 e. The molecule has 3 aromatic rings. The first-order valence-electron chi connectivity index (χ1n) is 9.28. The molecule has 0 aliphatic rings. The number of halogens is 3. The van der Waals surface area contributed by atoms with Crippen LogP contribution in [0.1, 0.15) is 41.0 Å². The summed E-state index contributed by atoms with van der Waals surface area (Å²) < 4.78 is 45.2. The number of carbonyl (C=O) groups excluding carboxylic acids is 1. The van der Waals surface area contributed by atoms with Crippen LogP contribution >= 0.6 is 0 Å². The van der Waals surface area contributed by atoms with Crippen LogP contribution in [0.2, 0.25) is 0 Å². The highest BCUT2D eigenvalue weighted by Crippen LogP contribution is 2.29. The third-order valence-electron chi connectivity index (χ3n) is 4.32. The van der Waals surface area contributed by atoms with Crippen LogP contribution in [0.25, 0.3) is 5.82 Å². The number of nitrogens with zero attached hydrogens (tertiary/aromatic N) is 3. The second-order valence-electron chi connectivity index (χ2n) is 6.92. The quantitative estimate of drug-likeness (QED) is 0.648. The molecule has 0 aliphatic carbocycles. The van der Waals surface area contributed by atoms with Gasteiger partial charge in [0.25, 0.3) is 5.91 Å². The molecule has 0 fully saturated rings. The molecule has 1 aromatic carbocycles. The topological polar surface area (TPSA) is 69.0 Å². The van der Waals surface area contributed by atoms with Crippen molar-refractivity contribution in [2.45, 2.75) is 39.6 Å². The number of aromatic nitrogens is 3. The van der Waals surface area contributed by atoms with Gasteiger partial charge in [-0.3, -0.25) is 4.79 Å². The molecule has 0 bridgehead atoms. The highest BCUT2D eigenvalue weighted by molar-refractivity contribution is 5.95. The Labute approximate surface area is 171 Å². The van der Waals surface area contributed by atoms with Gasteiger partial charge < -0.3 is 10.1 Å². The van der Waals surface area contributed by atoms with Crippen molar-refractivity contribution in [2.24, 2.45) is 0 Å². The third-order valence-corrected chi connectivity index (χ3v) is 4.32. The smallest absolute Gasteiger partial charge is 0.417 e. The molecule has 0 unspecified atom stereocenters. The first kappa shape index (κ1) is 21.4. The number of carbonyl (C=O) groups is 1. The van der Waals surface area contributed by atoms with Gasteiger partial charge in [0.15, 0.2) is 5.82 Å². The maximum atomic E-state index is 12.7. The highest BCUT2D eigenvalue weighted by atomic mass is 19.4. The van der Waals surface area contributed by atoms with Crippen LogP contribution in [-0.2, 0) is 12.7 Å². The number of nitrogens with one attached hydrogen (secondary N) is 1. The summed E-state index contributed by atoms with van der Waals surface area (Å²) in [5.74, 6) is 0.523. The van der Waals surface area contributed by atoms with E-state index in [1.807, 2.05) is 38.1 Å². The zero-order chi connectivity index (χ0) is 21.9. The van der Waals surface area contributed by atoms with Gasteiger partial charge in [-0.15, -0.1) is 0 Å². The van der Waals surface area contributed by atoms with Crippen LogP contribution in [0.5, 0.6) is 5.75 Å². The summed E-state index contributed by atoms with van der Waals surface area (Å²) in [6, 6.07) is 9.54. The molecule has 30 heavy (non-hydrogen) atoms. The maximum absolute atomic E-state index is 12.7. The zero-order valence-electron chi connectivity index (χ0n) is 16.7. The lowest BCUT2D eigenvalue weighted by molar-refractivity contribution is -0.137. The number of alkyl halides is 3. The van der Waals surface area contributed by atoms with Gasteiger partial charge in [0.2, 0.25) is 0 Å². The molecular formula is C21H21F3N4O2. The molecule has 9 heteroatoms. The molecule has 0 aliphatic heterocycles. The highest BCUT2D eigenvalue weighted by Gasteiger charge is 2.30. The van der Waals surface area contributed by atoms with Crippen LogP contribution in [0.3, 0.4) is 0 Å². The molecular weight excluding hydrogens is 397 g/mol. The Morgan fingerprint density at radius 1 is 1.17 bits per heavy atom. The molecule has 1 amide bonds. The summed E-state index contributed by atoms with van der Waals surface area (Å²) in [7, 11) is 0. The summed E-state index contributed by atoms with van der Waals surface area (Å²) in [4.78, 5) is 16.4. The SMILES string of the molecule is Cc1c(C(=O)NCc2ccccc2OC(C)C)cnn1-c1ccc(C(F)(F)F)cn1. The monoisotopic (exact) mass is 418 g/mol. The molecule has 3 rings (SSSR count). The van der Waals surface area contributed by atoms with E-state index >= 15 is 0 Å². The van der Waals surface area contributed by atoms with E-state index in [0.717, 1.165) is 17.8 Å². The molecule has 0 atom stereocenters. The number of para-hydroxylation sites is 1. The molecule has 6 nitrogen and oxygen atoms in total. The zero-order valence-corrected chi connectivity index (χ0v) is 16.7. The number of benzene rings is 1. The fourth-order valence-electron chi connectivity index (χ4n) is 2.83. The fraction of sp³-hybridized carbons (Fsp3) is 0.286. The Bertz CT molecular complexity index is 1030. The van der Waals surface area contributed by atoms with Crippen molar-refractivity contribution in [3.05, 3.63) is 71.2 Å². The van der Waals surface area contributed by atoms with E-state index in [1.165, 1.54) is 16.9 Å². The average molecular weight is 418 g/mol. The Hall–Kier alpha value is -3.36. The van der Waals surface area contributed by atoms with Gasteiger partial charge in [-0.1, -0.05) is 18.2 Å². The van der Waals surface area contributed by atoms with E-state index < -0.39 is 11.7 Å². The predicted octanol–water partition coefficient (Wildman–Crippen LogP) is 4.31. The van der Waals surface area contributed by atoms with E-state index in [9.17, 15) is 18.0 Å². The lowest BCUT2D eigenvalue weighted by atomic mass is 10.2. The standard InChI is InChI=1S/C21H21F3N4O2/c1-13(2)30-18-7-5-4-6-15(18)10-26-20(29)17-12-27-28(14(17)3)19-9-8-16(11-25-19)21(22,23)24/h4-9,11-13H,10H2,1-3H3,(H,26,29). The van der Waals surface area contributed by atoms with Crippen LogP contribution in [0.4, 0.5) is 13.2 Å². The Kier molecular flexibility index (Phi) is 6.09. The van der Waals surface area contributed by atoms with E-state index in [1.54, 1.807) is 6.92 Å². The van der Waals surface area contributed by atoms with Crippen molar-refractivity contribution < 1.29 is 22.7 Å². The van der Waals surface area contributed by atoms with Crippen LogP contribution in [0, 0.1) is 6.92 Å². The van der Waals surface area contributed by atoms with E-state index in [-0.39, 0.29) is 24.4 Å². The van der Waals surface area contributed by atoms with Gasteiger partial charge in [0, 0.05) is 18.3 Å². The minimum atomic E-state index is -4.47. The number of hydrogen-bond acceptors (Lipinski definition) is 4. The van der Waals surface area contributed by atoms with Gasteiger partial charge in [-0.25, -0.2) is 9.67 Å². The van der Waals surface area contributed by atoms with E-state index in [0.29, 0.717) is 17.0 Å². The van der Waals surface area contributed by atoms with Gasteiger partial charge in [-0.05, 0) is 39.0 Å². The molecule has 0 spiro atoms. The van der Waals surface area contributed by atoms with Crippen molar-refractivity contribution >= 4 is 5.91 Å². The second kappa shape index (κ2) is 8.56. The van der Waals surface area contributed by atoms with Gasteiger partial charge in [0.1, 0.15) is 5.75 Å². The van der Waals surface area contributed by atoms with Crippen molar-refractivity contribution in [2.75, 3.05) is 0 Å². The number of rotatable bonds is 6. The van der Waals surface area contributed by atoms with Gasteiger partial charge in [-0.2, -0.15) is 18.3 Å². The van der Waals surface area contributed by atoms with Gasteiger partial charge >= 0.3 is 6.18 Å². The predicted molar refractivity (Wildman–Crippen MR) is 104 cm³/mol. The first-order valence-corrected chi connectivity index (χ1v) is 9.28. The summed E-state index contributed by atoms with van der Waals surface area (Å²) >= 11 is 0. The van der Waals surface area contributed by atoms with Crippen molar-refractivity contribution in [3.63, 3.8) is 0 Å². The van der Waals surface area contributed by atoms with E-state index in [2.05, 4.69) is 15.4 Å². The molecule has 0 radical (unpaired) electrons. The molecule has 2 heterocycles. The minimum Gasteiger partial charge on any atom is -0.491 e. The van der Waals surface area contributed by atoms with Crippen LogP contribution in [-0.4, -0.2) is 26.8 Å². The minimum absolute atomic E-state index is 0.00133. The van der Waals surface area contributed by atoms with Crippen molar-refractivity contribution in [1.29, 1.82) is 0 Å². The largest absolute Gasteiger partial charge is 0.491 e. The van der Waals surface area contributed by atoms with Crippen LogP contribution in [0.15, 0.2) is 48.8 Å². The molecule has 1 N–H and O–H groups in total.